The average molecular weight is 410 g/mol. The zero-order valence-corrected chi connectivity index (χ0v) is 16.6. The van der Waals surface area contributed by atoms with Gasteiger partial charge in [-0.25, -0.2) is 4.98 Å². The molecule has 27 heavy (non-hydrogen) atoms. The Kier molecular flexibility index (Phi) is 8.23. The van der Waals surface area contributed by atoms with E-state index in [1.807, 2.05) is 31.2 Å². The molecule has 0 saturated carbocycles. The number of hydrogen-bond donors (Lipinski definition) is 2. The predicted molar refractivity (Wildman–Crippen MR) is 109 cm³/mol. The van der Waals surface area contributed by atoms with Crippen molar-refractivity contribution in [3.63, 3.8) is 0 Å². The summed E-state index contributed by atoms with van der Waals surface area (Å²) in [6.45, 7) is 2.67. The van der Waals surface area contributed by atoms with Crippen molar-refractivity contribution in [2.75, 3.05) is 32.1 Å². The maximum Gasteiger partial charge on any atom is 0.258 e. The summed E-state index contributed by atoms with van der Waals surface area (Å²) in [7, 11) is 1.56. The molecule has 0 aliphatic carbocycles. The van der Waals surface area contributed by atoms with Crippen molar-refractivity contribution in [1.82, 2.24) is 10.3 Å². The number of benzene rings is 1. The monoisotopic (exact) mass is 409 g/mol. The number of rotatable bonds is 9. The average Bonchev–Trinajstić information content (AvgIpc) is 2.65. The second-order valence-electron chi connectivity index (χ2n) is 5.46. The van der Waals surface area contributed by atoms with E-state index in [4.69, 9.17) is 32.7 Å². The largest absolute Gasteiger partial charge is 0.493 e. The Morgan fingerprint density at radius 3 is 2.74 bits per heavy atom. The normalized spacial score (nSPS) is 10.7. The first-order valence-corrected chi connectivity index (χ1v) is 9.04. The van der Waals surface area contributed by atoms with Gasteiger partial charge in [-0.2, -0.15) is 0 Å². The topological polar surface area (TPSA) is 72.5 Å². The molecule has 0 unspecified atom stereocenters. The van der Waals surface area contributed by atoms with Gasteiger partial charge in [0.15, 0.2) is 18.1 Å². The minimum atomic E-state index is -0.244. The number of allylic oxidation sites excluding steroid dienone is 1. The number of carbonyl (C=O) groups excluding carboxylic acids is 1. The number of methoxy groups -OCH3 is 1. The van der Waals surface area contributed by atoms with Crippen molar-refractivity contribution in [1.29, 1.82) is 0 Å². The highest BCUT2D eigenvalue weighted by atomic mass is 35.5. The van der Waals surface area contributed by atoms with Crippen molar-refractivity contribution in [3.05, 3.63) is 52.1 Å². The maximum atomic E-state index is 11.9. The number of carbonyl (C=O) groups is 1. The molecule has 2 aromatic rings. The van der Waals surface area contributed by atoms with E-state index < -0.39 is 0 Å². The van der Waals surface area contributed by atoms with E-state index in [9.17, 15) is 4.79 Å². The molecule has 0 radical (unpaired) electrons. The molecule has 2 rings (SSSR count). The summed E-state index contributed by atoms with van der Waals surface area (Å²) in [5, 5.41) is 6.65. The Morgan fingerprint density at radius 2 is 2.04 bits per heavy atom. The Bertz CT molecular complexity index is 813. The van der Waals surface area contributed by atoms with Gasteiger partial charge in [0.05, 0.1) is 17.2 Å². The van der Waals surface area contributed by atoms with Gasteiger partial charge in [-0.1, -0.05) is 41.4 Å². The standard InChI is InChI=1S/C19H21Cl2N3O3/c1-3-4-13-5-6-16(17(9-13)26-2)27-12-18(25)22-7-8-23-19-15(21)10-14(20)11-24-19/h3-6,9-11H,7-8,12H2,1-2H3,(H,22,25)(H,23,24)/b4-3+. The third kappa shape index (κ3) is 6.66. The lowest BCUT2D eigenvalue weighted by Gasteiger charge is -2.12. The number of pyridine rings is 1. The summed E-state index contributed by atoms with van der Waals surface area (Å²) in [5.41, 5.74) is 0.992. The molecule has 0 bridgehead atoms. The summed E-state index contributed by atoms with van der Waals surface area (Å²) in [6, 6.07) is 7.11. The second-order valence-corrected chi connectivity index (χ2v) is 6.30. The zero-order chi connectivity index (χ0) is 19.6. The highest BCUT2D eigenvalue weighted by Gasteiger charge is 2.08. The molecule has 0 saturated heterocycles. The van der Waals surface area contributed by atoms with E-state index in [1.54, 1.807) is 19.2 Å². The van der Waals surface area contributed by atoms with Crippen molar-refractivity contribution in [2.24, 2.45) is 0 Å². The van der Waals surface area contributed by atoms with Crippen LogP contribution in [-0.2, 0) is 4.79 Å². The molecule has 8 heteroatoms. The van der Waals surface area contributed by atoms with Gasteiger partial charge < -0.3 is 20.1 Å². The van der Waals surface area contributed by atoms with E-state index >= 15 is 0 Å². The van der Waals surface area contributed by atoms with Gasteiger partial charge in [0, 0.05) is 19.3 Å². The van der Waals surface area contributed by atoms with Crippen molar-refractivity contribution in [2.45, 2.75) is 6.92 Å². The van der Waals surface area contributed by atoms with Crippen LogP contribution in [0.5, 0.6) is 11.5 Å². The predicted octanol–water partition coefficient (Wildman–Crippen LogP) is 4.04. The summed E-state index contributed by atoms with van der Waals surface area (Å²) in [4.78, 5) is 16.0. The summed E-state index contributed by atoms with van der Waals surface area (Å²) in [6.07, 6.45) is 5.38. The molecule has 144 valence electrons. The second kappa shape index (κ2) is 10.6. The van der Waals surface area contributed by atoms with Crippen LogP contribution >= 0.6 is 23.2 Å². The number of hydrogen-bond acceptors (Lipinski definition) is 5. The number of ether oxygens (including phenoxy) is 2. The molecule has 0 spiro atoms. The van der Waals surface area contributed by atoms with Crippen LogP contribution in [0.3, 0.4) is 0 Å². The number of amides is 1. The zero-order valence-electron chi connectivity index (χ0n) is 15.1. The highest BCUT2D eigenvalue weighted by Crippen LogP contribution is 2.28. The van der Waals surface area contributed by atoms with Crippen LogP contribution in [0.15, 0.2) is 36.5 Å². The maximum absolute atomic E-state index is 11.9. The third-order valence-corrected chi connectivity index (χ3v) is 3.95. The number of aromatic nitrogens is 1. The van der Waals surface area contributed by atoms with Crippen LogP contribution in [0.2, 0.25) is 10.0 Å². The molecule has 1 aromatic heterocycles. The molecule has 0 aliphatic heterocycles. The van der Waals surface area contributed by atoms with E-state index in [0.29, 0.717) is 40.5 Å². The van der Waals surface area contributed by atoms with E-state index in [1.165, 1.54) is 6.20 Å². The van der Waals surface area contributed by atoms with Gasteiger partial charge in [-0.3, -0.25) is 4.79 Å². The quantitative estimate of drug-likeness (QED) is 0.611. The van der Waals surface area contributed by atoms with Crippen molar-refractivity contribution in [3.8, 4) is 11.5 Å². The van der Waals surface area contributed by atoms with Crippen LogP contribution in [0.4, 0.5) is 5.82 Å². The van der Waals surface area contributed by atoms with Gasteiger partial charge in [0.1, 0.15) is 5.82 Å². The van der Waals surface area contributed by atoms with Crippen LogP contribution in [-0.4, -0.2) is 37.7 Å². The van der Waals surface area contributed by atoms with Gasteiger partial charge in [0.25, 0.3) is 5.91 Å². The van der Waals surface area contributed by atoms with Gasteiger partial charge in [-0.15, -0.1) is 0 Å². The van der Waals surface area contributed by atoms with Gasteiger partial charge >= 0.3 is 0 Å². The first-order valence-electron chi connectivity index (χ1n) is 8.28. The van der Waals surface area contributed by atoms with E-state index in [-0.39, 0.29) is 12.5 Å². The first kappa shape index (κ1) is 20.9. The van der Waals surface area contributed by atoms with Gasteiger partial charge in [0.2, 0.25) is 0 Å². The Hall–Kier alpha value is -2.44. The number of halogens is 2. The van der Waals surface area contributed by atoms with E-state index in [0.717, 1.165) is 5.56 Å². The molecule has 2 N–H and O–H groups in total. The molecule has 1 aromatic carbocycles. The Morgan fingerprint density at radius 1 is 1.22 bits per heavy atom. The number of anilines is 1. The fraction of sp³-hybridized carbons (Fsp3) is 0.263. The fourth-order valence-electron chi connectivity index (χ4n) is 2.22. The van der Waals surface area contributed by atoms with Crippen LogP contribution < -0.4 is 20.1 Å². The minimum Gasteiger partial charge on any atom is -0.493 e. The molecule has 6 nitrogen and oxygen atoms in total. The number of nitrogens with one attached hydrogen (secondary N) is 2. The molecule has 0 fully saturated rings. The molecular formula is C19H21Cl2N3O3. The van der Waals surface area contributed by atoms with Gasteiger partial charge in [-0.05, 0) is 30.7 Å². The SMILES string of the molecule is C/C=C/c1ccc(OCC(=O)NCCNc2ncc(Cl)cc2Cl)c(OC)c1. The summed E-state index contributed by atoms with van der Waals surface area (Å²) in [5.74, 6) is 1.35. The van der Waals surface area contributed by atoms with Crippen LogP contribution in [0.1, 0.15) is 12.5 Å². The smallest absolute Gasteiger partial charge is 0.258 e. The number of nitrogens with zero attached hydrogens (tertiary/aromatic N) is 1. The molecule has 1 heterocycles. The molecule has 1 amide bonds. The van der Waals surface area contributed by atoms with Crippen LogP contribution in [0, 0.1) is 0 Å². The van der Waals surface area contributed by atoms with Crippen molar-refractivity contribution >= 4 is 41.0 Å². The molecular weight excluding hydrogens is 389 g/mol. The summed E-state index contributed by atoms with van der Waals surface area (Å²) >= 11 is 11.8. The third-order valence-electron chi connectivity index (χ3n) is 3.45. The molecule has 0 atom stereocenters. The Labute approximate surface area is 168 Å². The first-order chi connectivity index (χ1) is 13.0. The van der Waals surface area contributed by atoms with Crippen molar-refractivity contribution < 1.29 is 14.3 Å². The fourth-order valence-corrected chi connectivity index (χ4v) is 2.67. The summed E-state index contributed by atoms with van der Waals surface area (Å²) < 4.78 is 10.8. The van der Waals surface area contributed by atoms with E-state index in [2.05, 4.69) is 15.6 Å². The lowest BCUT2D eigenvalue weighted by molar-refractivity contribution is -0.123. The van der Waals surface area contributed by atoms with Crippen LogP contribution in [0.25, 0.3) is 6.08 Å². The highest BCUT2D eigenvalue weighted by molar-refractivity contribution is 6.35. The minimum absolute atomic E-state index is 0.112. The lowest BCUT2D eigenvalue weighted by atomic mass is 10.2. The lowest BCUT2D eigenvalue weighted by Crippen LogP contribution is -2.32. The Balaban J connectivity index is 1.76. The molecule has 0 aliphatic rings.